The van der Waals surface area contributed by atoms with Crippen LogP contribution >= 0.6 is 0 Å². The first-order chi connectivity index (χ1) is 14.8. The third-order valence-electron chi connectivity index (χ3n) is 5.25. The van der Waals surface area contributed by atoms with Crippen molar-refractivity contribution in [1.29, 1.82) is 0 Å². The van der Waals surface area contributed by atoms with Gasteiger partial charge in [0.1, 0.15) is 17.0 Å². The van der Waals surface area contributed by atoms with Crippen LogP contribution in [0.15, 0.2) is 36.7 Å². The summed E-state index contributed by atoms with van der Waals surface area (Å²) in [5, 5.41) is 3.68. The Morgan fingerprint density at radius 2 is 1.87 bits per heavy atom. The highest BCUT2D eigenvalue weighted by Gasteiger charge is 2.29. The van der Waals surface area contributed by atoms with E-state index in [2.05, 4.69) is 20.3 Å². The van der Waals surface area contributed by atoms with Crippen molar-refractivity contribution >= 4 is 27.1 Å². The summed E-state index contributed by atoms with van der Waals surface area (Å²) < 4.78 is 56.0. The number of pyridine rings is 1. The molecule has 8 nitrogen and oxygen atoms in total. The van der Waals surface area contributed by atoms with Crippen molar-refractivity contribution in [3.63, 3.8) is 0 Å². The van der Waals surface area contributed by atoms with Gasteiger partial charge in [-0.3, -0.25) is 4.98 Å². The van der Waals surface area contributed by atoms with Crippen LogP contribution in [-0.4, -0.2) is 65.2 Å². The number of nitrogens with one attached hydrogen (secondary N) is 1. The molecule has 1 saturated heterocycles. The van der Waals surface area contributed by atoms with Gasteiger partial charge in [0.25, 0.3) is 10.2 Å². The lowest BCUT2D eigenvalue weighted by Gasteiger charge is -2.33. The quantitative estimate of drug-likeness (QED) is 0.645. The van der Waals surface area contributed by atoms with E-state index in [1.165, 1.54) is 35.0 Å². The van der Waals surface area contributed by atoms with Crippen LogP contribution in [0.3, 0.4) is 0 Å². The summed E-state index contributed by atoms with van der Waals surface area (Å²) in [7, 11) is -0.451. The third-order valence-corrected chi connectivity index (χ3v) is 7.19. The fraction of sp³-hybridized carbons (Fsp3) is 0.350. The molecule has 3 heterocycles. The molecular formula is C20H22F2N6O2S. The molecule has 1 N–H and O–H groups in total. The van der Waals surface area contributed by atoms with Gasteiger partial charge in [-0.1, -0.05) is 6.07 Å². The second kappa shape index (κ2) is 8.40. The fourth-order valence-electron chi connectivity index (χ4n) is 3.57. The summed E-state index contributed by atoms with van der Waals surface area (Å²) in [5.41, 5.74) is 0.473. The first-order valence-corrected chi connectivity index (χ1v) is 11.2. The van der Waals surface area contributed by atoms with Crippen molar-refractivity contribution in [2.45, 2.75) is 18.9 Å². The zero-order valence-electron chi connectivity index (χ0n) is 17.1. The molecule has 31 heavy (non-hydrogen) atoms. The molecule has 4 rings (SSSR count). The second-order valence-electron chi connectivity index (χ2n) is 7.53. The summed E-state index contributed by atoms with van der Waals surface area (Å²) in [6.07, 6.45) is 3.65. The summed E-state index contributed by atoms with van der Waals surface area (Å²) >= 11 is 0. The lowest BCUT2D eigenvalue weighted by atomic mass is 10.1. The Morgan fingerprint density at radius 3 is 2.58 bits per heavy atom. The van der Waals surface area contributed by atoms with E-state index >= 15 is 0 Å². The molecule has 2 aromatic heterocycles. The summed E-state index contributed by atoms with van der Waals surface area (Å²) in [6.45, 7) is 0.713. The normalized spacial score (nSPS) is 16.2. The highest BCUT2D eigenvalue weighted by molar-refractivity contribution is 7.86. The van der Waals surface area contributed by atoms with Gasteiger partial charge in [-0.25, -0.2) is 18.7 Å². The Morgan fingerprint density at radius 1 is 1.13 bits per heavy atom. The number of halogens is 2. The average Bonchev–Trinajstić information content (AvgIpc) is 2.75. The smallest absolute Gasteiger partial charge is 0.281 e. The molecular weight excluding hydrogens is 426 g/mol. The zero-order chi connectivity index (χ0) is 22.2. The lowest BCUT2D eigenvalue weighted by molar-refractivity contribution is 0.310. The van der Waals surface area contributed by atoms with Gasteiger partial charge in [0.05, 0.1) is 6.20 Å². The monoisotopic (exact) mass is 448 g/mol. The molecule has 164 valence electrons. The number of fused-ring (bicyclic) bond motifs is 1. The minimum Gasteiger partial charge on any atom is -0.351 e. The van der Waals surface area contributed by atoms with Crippen LogP contribution in [0, 0.1) is 11.6 Å². The molecule has 0 spiro atoms. The summed E-state index contributed by atoms with van der Waals surface area (Å²) in [5.74, 6) is -1.02. The van der Waals surface area contributed by atoms with E-state index in [9.17, 15) is 17.2 Å². The maximum absolute atomic E-state index is 14.5. The maximum Gasteiger partial charge on any atom is 0.281 e. The molecule has 1 aliphatic rings. The SMILES string of the molecule is CN(C)S(=O)(=O)N1CCC(Nc2ncc(F)c(-c3cc(F)c4ncccc4c3)n2)CC1. The molecule has 1 aliphatic heterocycles. The van der Waals surface area contributed by atoms with E-state index in [0.717, 1.165) is 6.20 Å². The van der Waals surface area contributed by atoms with E-state index in [0.29, 0.717) is 31.3 Å². The van der Waals surface area contributed by atoms with E-state index < -0.39 is 21.8 Å². The van der Waals surface area contributed by atoms with Gasteiger partial charge >= 0.3 is 0 Å². The number of nitrogens with zero attached hydrogens (tertiary/aromatic N) is 5. The zero-order valence-corrected chi connectivity index (χ0v) is 17.9. The fourth-order valence-corrected chi connectivity index (χ4v) is 4.70. The molecule has 0 aliphatic carbocycles. The van der Waals surface area contributed by atoms with Gasteiger partial charge in [0, 0.05) is 50.4 Å². The number of hydrogen-bond acceptors (Lipinski definition) is 6. The molecule has 3 aromatic rings. The number of rotatable bonds is 5. The Labute approximate surface area is 179 Å². The molecule has 0 amide bonds. The van der Waals surface area contributed by atoms with Gasteiger partial charge in [-0.15, -0.1) is 0 Å². The molecule has 0 saturated carbocycles. The number of hydrogen-bond donors (Lipinski definition) is 1. The van der Waals surface area contributed by atoms with Crippen LogP contribution in [0.4, 0.5) is 14.7 Å². The van der Waals surface area contributed by atoms with Crippen LogP contribution in [0.1, 0.15) is 12.8 Å². The Kier molecular flexibility index (Phi) is 5.82. The van der Waals surface area contributed by atoms with Crippen LogP contribution in [0.25, 0.3) is 22.2 Å². The second-order valence-corrected chi connectivity index (χ2v) is 9.67. The minimum atomic E-state index is -3.45. The predicted octanol–water partition coefficient (Wildman–Crippen LogP) is 2.65. The van der Waals surface area contributed by atoms with Gasteiger partial charge in [0.15, 0.2) is 5.82 Å². The molecule has 0 unspecified atom stereocenters. The van der Waals surface area contributed by atoms with Crippen molar-refractivity contribution < 1.29 is 17.2 Å². The van der Waals surface area contributed by atoms with Gasteiger partial charge < -0.3 is 5.32 Å². The largest absolute Gasteiger partial charge is 0.351 e. The molecule has 0 bridgehead atoms. The highest BCUT2D eigenvalue weighted by Crippen LogP contribution is 2.27. The lowest BCUT2D eigenvalue weighted by Crippen LogP contribution is -2.46. The predicted molar refractivity (Wildman–Crippen MR) is 114 cm³/mol. The highest BCUT2D eigenvalue weighted by atomic mass is 32.2. The van der Waals surface area contributed by atoms with Crippen molar-refractivity contribution in [3.8, 4) is 11.3 Å². The first kappa shape index (κ1) is 21.5. The summed E-state index contributed by atoms with van der Waals surface area (Å²) in [4.78, 5) is 12.3. The topological polar surface area (TPSA) is 91.3 Å². The van der Waals surface area contributed by atoms with Gasteiger partial charge in [0.2, 0.25) is 5.95 Å². The average molecular weight is 448 g/mol. The number of anilines is 1. The van der Waals surface area contributed by atoms with Gasteiger partial charge in [-0.05, 0) is 31.0 Å². The van der Waals surface area contributed by atoms with E-state index in [-0.39, 0.29) is 28.8 Å². The van der Waals surface area contributed by atoms with Crippen LogP contribution < -0.4 is 5.32 Å². The standard InChI is InChI=1S/C20H22F2N6O2S/c1-27(2)31(29,30)28-8-5-15(6-9-28)25-20-24-12-17(22)19(26-20)14-10-13-4-3-7-23-18(13)16(21)11-14/h3-4,7,10-12,15H,5-6,8-9H2,1-2H3,(H,24,25,26). The van der Waals surface area contributed by atoms with E-state index in [1.54, 1.807) is 18.2 Å². The van der Waals surface area contributed by atoms with Crippen LogP contribution in [0.2, 0.25) is 0 Å². The molecule has 1 fully saturated rings. The van der Waals surface area contributed by atoms with Crippen molar-refractivity contribution in [2.24, 2.45) is 0 Å². The van der Waals surface area contributed by atoms with E-state index in [1.807, 2.05) is 0 Å². The Balaban J connectivity index is 1.53. The van der Waals surface area contributed by atoms with Crippen LogP contribution in [0.5, 0.6) is 0 Å². The molecule has 0 atom stereocenters. The van der Waals surface area contributed by atoms with Crippen molar-refractivity contribution in [2.75, 3.05) is 32.5 Å². The first-order valence-electron chi connectivity index (χ1n) is 9.77. The molecule has 0 radical (unpaired) electrons. The van der Waals surface area contributed by atoms with Gasteiger partial charge in [-0.2, -0.15) is 17.0 Å². The Bertz CT molecular complexity index is 1210. The number of piperidine rings is 1. The van der Waals surface area contributed by atoms with E-state index in [4.69, 9.17) is 0 Å². The third kappa shape index (κ3) is 4.34. The minimum absolute atomic E-state index is 0.0187. The Hall–Kier alpha value is -2.76. The van der Waals surface area contributed by atoms with Crippen LogP contribution in [-0.2, 0) is 10.2 Å². The number of aromatic nitrogens is 3. The van der Waals surface area contributed by atoms with Crippen molar-refractivity contribution in [3.05, 3.63) is 48.3 Å². The summed E-state index contributed by atoms with van der Waals surface area (Å²) in [6, 6.07) is 6.14. The van der Waals surface area contributed by atoms with Crippen molar-refractivity contribution in [1.82, 2.24) is 23.6 Å². The molecule has 11 heteroatoms. The maximum atomic E-state index is 14.5. The molecule has 1 aromatic carbocycles. The number of benzene rings is 1.